The number of carbonyl (C=O) groups excluding carboxylic acids is 1. The van der Waals surface area contributed by atoms with Crippen molar-refractivity contribution in [2.45, 2.75) is 23.8 Å². The molecule has 1 aromatic rings. The molecule has 19 heavy (non-hydrogen) atoms. The van der Waals surface area contributed by atoms with Crippen molar-refractivity contribution in [1.29, 1.82) is 0 Å². The first-order valence-corrected chi connectivity index (χ1v) is 8.03. The van der Waals surface area contributed by atoms with E-state index in [1.165, 1.54) is 18.2 Å². The average molecular weight is 348 g/mol. The van der Waals surface area contributed by atoms with Crippen LogP contribution in [0.3, 0.4) is 0 Å². The third kappa shape index (κ3) is 3.26. The minimum absolute atomic E-state index is 0.0695. The zero-order valence-electron chi connectivity index (χ0n) is 10.0. The summed E-state index contributed by atoms with van der Waals surface area (Å²) in [6.45, 7) is 0.586. The standard InChI is InChI=1S/C11H14BrN3O3S/c12-8-6-7(13)3-4-10(8)19(17,18)15-9-2-1-5-14-11(9)16/h3-4,6,9,15H,1-2,5,13H2,(H,14,16). The van der Waals surface area contributed by atoms with E-state index in [1.807, 2.05) is 0 Å². The maximum absolute atomic E-state index is 12.2. The van der Waals surface area contributed by atoms with Crippen LogP contribution in [0.25, 0.3) is 0 Å². The fourth-order valence-corrected chi connectivity index (χ4v) is 4.20. The first-order valence-electron chi connectivity index (χ1n) is 5.75. The smallest absolute Gasteiger partial charge is 0.242 e. The number of sulfonamides is 1. The first kappa shape index (κ1) is 14.3. The summed E-state index contributed by atoms with van der Waals surface area (Å²) in [6.07, 6.45) is 1.25. The van der Waals surface area contributed by atoms with Crippen LogP contribution >= 0.6 is 15.9 Å². The Morgan fingerprint density at radius 1 is 1.42 bits per heavy atom. The third-order valence-corrected chi connectivity index (χ3v) is 5.28. The Balaban J connectivity index is 2.24. The van der Waals surface area contributed by atoms with Crippen molar-refractivity contribution in [2.24, 2.45) is 0 Å². The molecule has 1 aliphatic heterocycles. The highest BCUT2D eigenvalue weighted by atomic mass is 79.9. The van der Waals surface area contributed by atoms with Gasteiger partial charge in [0.2, 0.25) is 15.9 Å². The lowest BCUT2D eigenvalue weighted by atomic mass is 10.1. The first-order chi connectivity index (χ1) is 8.90. The van der Waals surface area contributed by atoms with Gasteiger partial charge in [-0.3, -0.25) is 4.79 Å². The monoisotopic (exact) mass is 347 g/mol. The lowest BCUT2D eigenvalue weighted by Crippen LogP contribution is -2.50. The molecule has 1 heterocycles. The molecule has 1 fully saturated rings. The van der Waals surface area contributed by atoms with Crippen molar-refractivity contribution >= 4 is 37.5 Å². The highest BCUT2D eigenvalue weighted by molar-refractivity contribution is 9.10. The van der Waals surface area contributed by atoms with Crippen molar-refractivity contribution in [1.82, 2.24) is 10.0 Å². The molecule has 8 heteroatoms. The molecule has 0 aliphatic carbocycles. The Bertz CT molecular complexity index is 603. The van der Waals surface area contributed by atoms with Crippen LogP contribution in [0.1, 0.15) is 12.8 Å². The Morgan fingerprint density at radius 2 is 2.16 bits per heavy atom. The zero-order valence-corrected chi connectivity index (χ0v) is 12.4. The maximum atomic E-state index is 12.2. The molecule has 1 aromatic carbocycles. The fraction of sp³-hybridized carbons (Fsp3) is 0.364. The molecule has 0 radical (unpaired) electrons. The van der Waals surface area contributed by atoms with Crippen LogP contribution in [0.4, 0.5) is 5.69 Å². The highest BCUT2D eigenvalue weighted by Crippen LogP contribution is 2.24. The number of hydrogen-bond donors (Lipinski definition) is 3. The average Bonchev–Trinajstić information content (AvgIpc) is 2.31. The van der Waals surface area contributed by atoms with Crippen LogP contribution in [0.5, 0.6) is 0 Å². The normalized spacial score (nSPS) is 20.1. The van der Waals surface area contributed by atoms with Crippen molar-refractivity contribution < 1.29 is 13.2 Å². The van der Waals surface area contributed by atoms with Gasteiger partial charge in [-0.15, -0.1) is 0 Å². The van der Waals surface area contributed by atoms with E-state index in [1.54, 1.807) is 0 Å². The molecule has 0 aromatic heterocycles. The highest BCUT2D eigenvalue weighted by Gasteiger charge is 2.28. The van der Waals surface area contributed by atoms with Crippen LogP contribution in [-0.2, 0) is 14.8 Å². The molecular weight excluding hydrogens is 334 g/mol. The number of benzene rings is 1. The van der Waals surface area contributed by atoms with Gasteiger partial charge in [-0.2, -0.15) is 4.72 Å². The van der Waals surface area contributed by atoms with Crippen molar-refractivity contribution in [2.75, 3.05) is 12.3 Å². The lowest BCUT2D eigenvalue weighted by Gasteiger charge is -2.22. The van der Waals surface area contributed by atoms with E-state index in [0.717, 1.165) is 6.42 Å². The Labute approximate surface area is 119 Å². The van der Waals surface area contributed by atoms with E-state index in [4.69, 9.17) is 5.73 Å². The quantitative estimate of drug-likeness (QED) is 0.696. The number of rotatable bonds is 3. The summed E-state index contributed by atoms with van der Waals surface area (Å²) in [5.74, 6) is -0.290. The minimum atomic E-state index is -3.75. The van der Waals surface area contributed by atoms with Gasteiger partial charge in [-0.1, -0.05) is 0 Å². The Kier molecular flexibility index (Phi) is 4.12. The SMILES string of the molecule is Nc1ccc(S(=O)(=O)NC2CCCNC2=O)c(Br)c1. The molecule has 0 spiro atoms. The summed E-state index contributed by atoms with van der Waals surface area (Å²) in [4.78, 5) is 11.6. The number of nitrogens with two attached hydrogens (primary N) is 1. The second kappa shape index (κ2) is 5.48. The molecule has 104 valence electrons. The van der Waals surface area contributed by atoms with E-state index in [9.17, 15) is 13.2 Å². The summed E-state index contributed by atoms with van der Waals surface area (Å²) >= 11 is 3.16. The molecule has 2 rings (SSSR count). The molecule has 1 saturated heterocycles. The van der Waals surface area contributed by atoms with Gasteiger partial charge < -0.3 is 11.1 Å². The fourth-order valence-electron chi connectivity index (χ4n) is 1.87. The Hall–Kier alpha value is -1.12. The van der Waals surface area contributed by atoms with E-state index < -0.39 is 16.1 Å². The predicted octanol–water partition coefficient (Wildman–Crippen LogP) is 0.588. The van der Waals surface area contributed by atoms with Gasteiger partial charge in [0.15, 0.2) is 0 Å². The van der Waals surface area contributed by atoms with E-state index in [2.05, 4.69) is 26.0 Å². The maximum Gasteiger partial charge on any atom is 0.242 e. The van der Waals surface area contributed by atoms with E-state index in [-0.39, 0.29) is 10.8 Å². The van der Waals surface area contributed by atoms with E-state index in [0.29, 0.717) is 23.1 Å². The van der Waals surface area contributed by atoms with Gasteiger partial charge in [-0.25, -0.2) is 8.42 Å². The van der Waals surface area contributed by atoms with Gasteiger partial charge in [-0.05, 0) is 47.0 Å². The number of halogens is 1. The Morgan fingerprint density at radius 3 is 2.79 bits per heavy atom. The molecule has 1 amide bonds. The van der Waals surface area contributed by atoms with Crippen molar-refractivity contribution in [3.63, 3.8) is 0 Å². The van der Waals surface area contributed by atoms with Crippen molar-refractivity contribution in [3.8, 4) is 0 Å². The largest absolute Gasteiger partial charge is 0.399 e. The molecule has 4 N–H and O–H groups in total. The molecule has 0 bridgehead atoms. The number of anilines is 1. The van der Waals surface area contributed by atoms with Gasteiger partial charge in [0.25, 0.3) is 0 Å². The van der Waals surface area contributed by atoms with Gasteiger partial charge in [0.1, 0.15) is 6.04 Å². The van der Waals surface area contributed by atoms with Crippen LogP contribution in [0.2, 0.25) is 0 Å². The number of amides is 1. The second-order valence-corrected chi connectivity index (χ2v) is 6.83. The molecule has 0 saturated carbocycles. The topological polar surface area (TPSA) is 101 Å². The minimum Gasteiger partial charge on any atom is -0.399 e. The summed E-state index contributed by atoms with van der Waals surface area (Å²) < 4.78 is 27.2. The second-order valence-electron chi connectivity index (χ2n) is 4.30. The summed E-state index contributed by atoms with van der Waals surface area (Å²) in [5, 5.41) is 2.63. The summed E-state index contributed by atoms with van der Waals surface area (Å²) in [6, 6.07) is 3.70. The summed E-state index contributed by atoms with van der Waals surface area (Å²) in [5.41, 5.74) is 6.03. The van der Waals surface area contributed by atoms with Crippen molar-refractivity contribution in [3.05, 3.63) is 22.7 Å². The predicted molar refractivity (Wildman–Crippen MR) is 74.9 cm³/mol. The summed E-state index contributed by atoms with van der Waals surface area (Å²) in [7, 11) is -3.75. The third-order valence-electron chi connectivity index (χ3n) is 2.83. The zero-order chi connectivity index (χ0) is 14.0. The molecule has 1 unspecified atom stereocenters. The van der Waals surface area contributed by atoms with Crippen LogP contribution < -0.4 is 15.8 Å². The van der Waals surface area contributed by atoms with E-state index >= 15 is 0 Å². The number of nitrogen functional groups attached to an aromatic ring is 1. The van der Waals surface area contributed by atoms with Crippen LogP contribution in [-0.4, -0.2) is 26.9 Å². The number of nitrogens with one attached hydrogen (secondary N) is 2. The number of carbonyl (C=O) groups is 1. The molecule has 1 aliphatic rings. The molecule has 1 atom stereocenters. The van der Waals surface area contributed by atoms with Gasteiger partial charge in [0, 0.05) is 16.7 Å². The van der Waals surface area contributed by atoms with Crippen LogP contribution in [0.15, 0.2) is 27.6 Å². The van der Waals surface area contributed by atoms with Gasteiger partial charge in [0.05, 0.1) is 4.90 Å². The number of hydrogen-bond acceptors (Lipinski definition) is 4. The van der Waals surface area contributed by atoms with Crippen LogP contribution in [0, 0.1) is 0 Å². The number of piperidine rings is 1. The molecule has 6 nitrogen and oxygen atoms in total. The lowest BCUT2D eigenvalue weighted by molar-refractivity contribution is -0.124. The van der Waals surface area contributed by atoms with Gasteiger partial charge >= 0.3 is 0 Å². The molecular formula is C11H14BrN3O3S.